The average molecular weight is 637 g/mol. The minimum absolute atomic E-state index is 0.0353. The molecule has 5 atom stereocenters. The number of amides is 3. The van der Waals surface area contributed by atoms with Crippen molar-refractivity contribution in [2.24, 2.45) is 11.8 Å². The van der Waals surface area contributed by atoms with Gasteiger partial charge in [0.05, 0.1) is 12.0 Å². The van der Waals surface area contributed by atoms with E-state index in [0.717, 1.165) is 30.4 Å². The standard InChI is InChI=1S/C35H48N4O7/c1-22(2)31-33(42)36-29(20-25-12-8-14-27(40)19-25)34(43)39-17-9-15-28(38-39)35(44)46-21-26-13-7-11-24(18-26)10-5-6-16-30(45-4)23(3)32(41)37-31/h7-8,11-14,18-19,22-23,28-31,38,40H,5-6,9-10,15-17,20-21H2,1-4H3,(H,36,42)(H,37,41). The summed E-state index contributed by atoms with van der Waals surface area (Å²) in [5.74, 6) is -2.44. The van der Waals surface area contributed by atoms with Gasteiger partial charge in [0.2, 0.25) is 11.8 Å². The van der Waals surface area contributed by atoms with Crippen molar-refractivity contribution >= 4 is 23.7 Å². The Labute approximate surface area is 271 Å². The summed E-state index contributed by atoms with van der Waals surface area (Å²) in [5, 5.41) is 17.2. The normalized spacial score (nSPS) is 25.9. The predicted octanol–water partition coefficient (Wildman–Crippen LogP) is 3.18. The first-order valence-electron chi connectivity index (χ1n) is 16.3. The molecule has 11 heteroatoms. The Morgan fingerprint density at radius 2 is 1.72 bits per heavy atom. The number of hydrazine groups is 1. The van der Waals surface area contributed by atoms with Gasteiger partial charge in [-0.2, -0.15) is 0 Å². The summed E-state index contributed by atoms with van der Waals surface area (Å²) in [4.78, 5) is 54.2. The van der Waals surface area contributed by atoms with Crippen molar-refractivity contribution in [2.45, 2.75) is 96.6 Å². The lowest BCUT2D eigenvalue weighted by molar-refractivity contribution is -0.154. The minimum Gasteiger partial charge on any atom is -0.508 e. The first kappa shape index (κ1) is 34.9. The number of nitrogens with one attached hydrogen (secondary N) is 3. The molecule has 2 heterocycles. The number of carbonyl (C=O) groups is 4. The second-order valence-electron chi connectivity index (χ2n) is 12.7. The molecule has 2 aromatic rings. The van der Waals surface area contributed by atoms with Crippen LogP contribution in [0.25, 0.3) is 0 Å². The Bertz CT molecular complexity index is 1370. The van der Waals surface area contributed by atoms with E-state index in [0.29, 0.717) is 31.4 Å². The molecule has 1 fully saturated rings. The maximum atomic E-state index is 14.0. The number of hydrogen-bond acceptors (Lipinski definition) is 8. The summed E-state index contributed by atoms with van der Waals surface area (Å²) in [6.07, 6.45) is 4.04. The van der Waals surface area contributed by atoms with E-state index in [4.69, 9.17) is 9.47 Å². The van der Waals surface area contributed by atoms with Crippen LogP contribution in [0.1, 0.15) is 69.6 Å². The molecule has 2 aliphatic rings. The van der Waals surface area contributed by atoms with Gasteiger partial charge in [-0.3, -0.25) is 24.2 Å². The van der Waals surface area contributed by atoms with Gasteiger partial charge in [-0.25, -0.2) is 5.43 Å². The van der Waals surface area contributed by atoms with Gasteiger partial charge in [0.15, 0.2) is 0 Å². The van der Waals surface area contributed by atoms with Gasteiger partial charge in [0.25, 0.3) is 5.91 Å². The van der Waals surface area contributed by atoms with E-state index in [-0.39, 0.29) is 36.7 Å². The molecule has 4 rings (SSSR count). The van der Waals surface area contributed by atoms with Crippen molar-refractivity contribution in [1.29, 1.82) is 0 Å². The van der Waals surface area contributed by atoms with Crippen LogP contribution in [-0.4, -0.2) is 71.7 Å². The van der Waals surface area contributed by atoms with Gasteiger partial charge >= 0.3 is 5.97 Å². The fraction of sp³-hybridized carbons (Fsp3) is 0.543. The number of hydrogen-bond donors (Lipinski definition) is 4. The number of carbonyl (C=O) groups excluding carboxylic acids is 4. The lowest BCUT2D eigenvalue weighted by atomic mass is 9.95. The molecule has 4 bridgehead atoms. The van der Waals surface area contributed by atoms with Crippen molar-refractivity contribution in [1.82, 2.24) is 21.1 Å². The Balaban J connectivity index is 1.62. The molecule has 46 heavy (non-hydrogen) atoms. The van der Waals surface area contributed by atoms with Gasteiger partial charge in [-0.15, -0.1) is 0 Å². The lowest BCUT2D eigenvalue weighted by Crippen LogP contribution is -2.62. The van der Waals surface area contributed by atoms with Crippen LogP contribution < -0.4 is 16.1 Å². The average Bonchev–Trinajstić information content (AvgIpc) is 3.04. The van der Waals surface area contributed by atoms with E-state index in [2.05, 4.69) is 16.1 Å². The van der Waals surface area contributed by atoms with E-state index in [1.54, 1.807) is 26.2 Å². The zero-order chi connectivity index (χ0) is 33.2. The Morgan fingerprint density at radius 1 is 0.957 bits per heavy atom. The predicted molar refractivity (Wildman–Crippen MR) is 172 cm³/mol. The molecule has 0 radical (unpaired) electrons. The highest BCUT2D eigenvalue weighted by Gasteiger charge is 2.36. The maximum absolute atomic E-state index is 14.0. The number of esters is 1. The molecule has 4 N–H and O–H groups in total. The molecule has 2 aliphatic heterocycles. The summed E-state index contributed by atoms with van der Waals surface area (Å²) in [6.45, 7) is 5.91. The number of nitrogens with zero attached hydrogens (tertiary/aromatic N) is 1. The molecule has 0 aromatic heterocycles. The van der Waals surface area contributed by atoms with Gasteiger partial charge < -0.3 is 25.2 Å². The van der Waals surface area contributed by atoms with E-state index >= 15 is 0 Å². The van der Waals surface area contributed by atoms with Crippen LogP contribution in [0.3, 0.4) is 0 Å². The van der Waals surface area contributed by atoms with Crippen molar-refractivity contribution in [2.75, 3.05) is 13.7 Å². The van der Waals surface area contributed by atoms with Crippen LogP contribution in [-0.2, 0) is 48.1 Å². The molecule has 5 unspecified atom stereocenters. The number of aromatic hydroxyl groups is 1. The topological polar surface area (TPSA) is 146 Å². The molecule has 2 aromatic carbocycles. The van der Waals surface area contributed by atoms with Gasteiger partial charge in [-0.05, 0) is 66.8 Å². The summed E-state index contributed by atoms with van der Waals surface area (Å²) in [7, 11) is 1.59. The fourth-order valence-corrected chi connectivity index (χ4v) is 6.05. The van der Waals surface area contributed by atoms with Crippen LogP contribution in [0.5, 0.6) is 5.75 Å². The Hall–Kier alpha value is -3.96. The molecule has 0 spiro atoms. The molecule has 250 valence electrons. The second-order valence-corrected chi connectivity index (χ2v) is 12.7. The molecule has 3 amide bonds. The number of aryl methyl sites for hydroxylation is 1. The Morgan fingerprint density at radius 3 is 2.46 bits per heavy atom. The van der Waals surface area contributed by atoms with Crippen molar-refractivity contribution in [3.05, 3.63) is 65.2 Å². The number of rotatable bonds is 4. The van der Waals surface area contributed by atoms with Gasteiger partial charge in [0, 0.05) is 20.1 Å². The van der Waals surface area contributed by atoms with Crippen LogP contribution in [0.15, 0.2) is 48.5 Å². The molecular weight excluding hydrogens is 588 g/mol. The highest BCUT2D eigenvalue weighted by molar-refractivity contribution is 5.93. The molecule has 0 saturated carbocycles. The second kappa shape index (κ2) is 16.6. The number of cyclic esters (lactones) is 1. The van der Waals surface area contributed by atoms with Crippen LogP contribution in [0.4, 0.5) is 0 Å². The zero-order valence-corrected chi connectivity index (χ0v) is 27.3. The lowest BCUT2D eigenvalue weighted by Gasteiger charge is -2.35. The van der Waals surface area contributed by atoms with E-state index in [9.17, 15) is 24.3 Å². The van der Waals surface area contributed by atoms with Crippen molar-refractivity contribution in [3.63, 3.8) is 0 Å². The van der Waals surface area contributed by atoms with Crippen molar-refractivity contribution in [3.8, 4) is 5.75 Å². The Kier molecular flexibility index (Phi) is 12.6. The van der Waals surface area contributed by atoms with Crippen LogP contribution in [0, 0.1) is 11.8 Å². The number of benzene rings is 2. The summed E-state index contributed by atoms with van der Waals surface area (Å²) < 4.78 is 11.4. The smallest absolute Gasteiger partial charge is 0.325 e. The van der Waals surface area contributed by atoms with E-state index < -0.39 is 41.8 Å². The SMILES string of the molecule is COC1CCCCc2cccc(c2)COC(=O)C2CCCN(N2)C(=O)C(Cc2cccc(O)c2)NC(=O)C(C(C)C)NC(=O)C1C. The number of methoxy groups -OCH3 is 1. The first-order valence-corrected chi connectivity index (χ1v) is 16.3. The maximum Gasteiger partial charge on any atom is 0.325 e. The zero-order valence-electron chi connectivity index (χ0n) is 27.3. The number of phenolic OH excluding ortho intramolecular Hbond substituents is 1. The van der Waals surface area contributed by atoms with Crippen LogP contribution >= 0.6 is 0 Å². The molecule has 0 aliphatic carbocycles. The number of ether oxygens (including phenoxy) is 2. The molecule has 1 saturated heterocycles. The highest BCUT2D eigenvalue weighted by atomic mass is 16.5. The monoisotopic (exact) mass is 636 g/mol. The third kappa shape index (κ3) is 9.53. The van der Waals surface area contributed by atoms with Gasteiger partial charge in [-0.1, -0.05) is 63.6 Å². The minimum atomic E-state index is -1.04. The number of fused-ring (bicyclic) bond motifs is 4. The fourth-order valence-electron chi connectivity index (χ4n) is 6.05. The van der Waals surface area contributed by atoms with Gasteiger partial charge in [0.1, 0.15) is 30.5 Å². The summed E-state index contributed by atoms with van der Waals surface area (Å²) in [6, 6.07) is 11.8. The van der Waals surface area contributed by atoms with Crippen molar-refractivity contribution < 1.29 is 33.8 Å². The molecule has 11 nitrogen and oxygen atoms in total. The highest BCUT2D eigenvalue weighted by Crippen LogP contribution is 2.20. The quantitative estimate of drug-likeness (QED) is 0.375. The third-order valence-corrected chi connectivity index (χ3v) is 8.80. The largest absolute Gasteiger partial charge is 0.508 e. The summed E-state index contributed by atoms with van der Waals surface area (Å²) in [5.41, 5.74) is 5.67. The van der Waals surface area contributed by atoms with Crippen LogP contribution in [0.2, 0.25) is 0 Å². The van der Waals surface area contributed by atoms with E-state index in [1.165, 1.54) is 17.1 Å². The number of phenols is 1. The first-order chi connectivity index (χ1) is 22.0. The summed E-state index contributed by atoms with van der Waals surface area (Å²) >= 11 is 0. The third-order valence-electron chi connectivity index (χ3n) is 8.80. The molecular formula is C35H48N4O7. The van der Waals surface area contributed by atoms with E-state index in [1.807, 2.05) is 38.1 Å².